The Morgan fingerprint density at radius 1 is 1.24 bits per heavy atom. The quantitative estimate of drug-likeness (QED) is 0.845. The Bertz CT molecular complexity index is 799. The Morgan fingerprint density at radius 3 is 2.64 bits per heavy atom. The van der Waals surface area contributed by atoms with Crippen LogP contribution in [0.3, 0.4) is 0 Å². The van der Waals surface area contributed by atoms with Gasteiger partial charge in [0.15, 0.2) is 0 Å². The molecule has 1 saturated heterocycles. The molecule has 2 aromatic heterocycles. The Morgan fingerprint density at radius 2 is 2.04 bits per heavy atom. The highest BCUT2D eigenvalue weighted by atomic mass is 16.5. The smallest absolute Gasteiger partial charge is 0.255 e. The van der Waals surface area contributed by atoms with Gasteiger partial charge < -0.3 is 9.64 Å². The molecule has 0 aromatic carbocycles. The molecule has 2 atom stereocenters. The van der Waals surface area contributed by atoms with Gasteiger partial charge in [-0.05, 0) is 31.9 Å². The zero-order valence-corrected chi connectivity index (χ0v) is 14.8. The fourth-order valence-electron chi connectivity index (χ4n) is 3.58. The van der Waals surface area contributed by atoms with E-state index in [0.29, 0.717) is 24.6 Å². The summed E-state index contributed by atoms with van der Waals surface area (Å²) < 4.78 is 7.28. The van der Waals surface area contributed by atoms with Crippen molar-refractivity contribution in [3.8, 4) is 0 Å². The van der Waals surface area contributed by atoms with Gasteiger partial charge in [-0.25, -0.2) is 0 Å². The van der Waals surface area contributed by atoms with Crippen molar-refractivity contribution < 1.29 is 9.53 Å². The lowest BCUT2D eigenvalue weighted by atomic mass is 10.0. The maximum atomic E-state index is 13.0. The summed E-state index contributed by atoms with van der Waals surface area (Å²) in [5, 5.41) is 8.20. The van der Waals surface area contributed by atoms with Crippen LogP contribution in [0.1, 0.15) is 52.1 Å². The highest BCUT2D eigenvalue weighted by molar-refractivity contribution is 5.95. The topological polar surface area (TPSA) is 73.1 Å². The SMILES string of the molecule is CO[C@@H]1CN(C(=O)c2ccc(C3CC3)nc2C)C[C@H]1c1cn(C)nn1. The monoisotopic (exact) mass is 341 g/mol. The van der Waals surface area contributed by atoms with E-state index in [1.54, 1.807) is 11.8 Å². The van der Waals surface area contributed by atoms with E-state index >= 15 is 0 Å². The Hall–Kier alpha value is -2.28. The van der Waals surface area contributed by atoms with Gasteiger partial charge in [0.05, 0.1) is 29.0 Å². The Balaban J connectivity index is 1.54. The molecule has 1 amide bonds. The molecule has 1 aliphatic heterocycles. The number of ether oxygens (including phenoxy) is 1. The second kappa shape index (κ2) is 6.22. The molecule has 2 aromatic rings. The predicted molar refractivity (Wildman–Crippen MR) is 91.4 cm³/mol. The van der Waals surface area contributed by atoms with Crippen LogP contribution in [0.5, 0.6) is 0 Å². The summed E-state index contributed by atoms with van der Waals surface area (Å²) in [5.74, 6) is 0.649. The molecule has 132 valence electrons. The first-order valence-corrected chi connectivity index (χ1v) is 8.72. The van der Waals surface area contributed by atoms with Crippen molar-refractivity contribution in [2.75, 3.05) is 20.2 Å². The average Bonchev–Trinajstić information content (AvgIpc) is 3.22. The van der Waals surface area contributed by atoms with E-state index in [2.05, 4.69) is 15.3 Å². The normalized spacial score (nSPS) is 23.2. The van der Waals surface area contributed by atoms with E-state index in [4.69, 9.17) is 4.74 Å². The summed E-state index contributed by atoms with van der Waals surface area (Å²) in [4.78, 5) is 19.5. The first-order chi connectivity index (χ1) is 12.1. The second-order valence-electron chi connectivity index (χ2n) is 7.05. The molecule has 2 aliphatic rings. The maximum Gasteiger partial charge on any atom is 0.255 e. The Labute approximate surface area is 147 Å². The number of nitrogens with zero attached hydrogens (tertiary/aromatic N) is 5. The van der Waals surface area contributed by atoms with Crippen LogP contribution in [-0.2, 0) is 11.8 Å². The highest BCUT2D eigenvalue weighted by Crippen LogP contribution is 2.39. The van der Waals surface area contributed by atoms with Gasteiger partial charge in [0, 0.05) is 45.1 Å². The molecular weight excluding hydrogens is 318 g/mol. The van der Waals surface area contributed by atoms with Gasteiger partial charge in [-0.2, -0.15) is 0 Å². The Kier molecular flexibility index (Phi) is 4.03. The lowest BCUT2D eigenvalue weighted by Gasteiger charge is -2.17. The summed E-state index contributed by atoms with van der Waals surface area (Å²) in [7, 11) is 3.52. The van der Waals surface area contributed by atoms with Gasteiger partial charge in [0.1, 0.15) is 0 Å². The van der Waals surface area contributed by atoms with Crippen molar-refractivity contribution in [3.05, 3.63) is 41.0 Å². The predicted octanol–water partition coefficient (Wildman–Crippen LogP) is 1.65. The number of pyridine rings is 1. The van der Waals surface area contributed by atoms with Crippen LogP contribution >= 0.6 is 0 Å². The molecule has 3 heterocycles. The molecule has 0 N–H and O–H groups in total. The molecule has 1 aliphatic carbocycles. The van der Waals surface area contributed by atoms with Crippen molar-refractivity contribution in [1.82, 2.24) is 24.9 Å². The zero-order valence-electron chi connectivity index (χ0n) is 14.8. The molecule has 1 saturated carbocycles. The molecule has 2 fully saturated rings. The van der Waals surface area contributed by atoms with Crippen LogP contribution in [0.25, 0.3) is 0 Å². The van der Waals surface area contributed by atoms with Crippen LogP contribution < -0.4 is 0 Å². The first-order valence-electron chi connectivity index (χ1n) is 8.72. The van der Waals surface area contributed by atoms with Crippen molar-refractivity contribution in [2.24, 2.45) is 7.05 Å². The molecule has 25 heavy (non-hydrogen) atoms. The minimum Gasteiger partial charge on any atom is -0.379 e. The van der Waals surface area contributed by atoms with Crippen molar-refractivity contribution in [3.63, 3.8) is 0 Å². The summed E-state index contributed by atoms with van der Waals surface area (Å²) in [5.41, 5.74) is 3.47. The fourth-order valence-corrected chi connectivity index (χ4v) is 3.58. The number of amides is 1. The number of likely N-dealkylation sites (tertiary alicyclic amines) is 1. The van der Waals surface area contributed by atoms with Crippen LogP contribution in [-0.4, -0.2) is 57.1 Å². The number of carbonyl (C=O) groups excluding carboxylic acids is 1. The largest absolute Gasteiger partial charge is 0.379 e. The highest BCUT2D eigenvalue weighted by Gasteiger charge is 2.38. The third kappa shape index (κ3) is 3.04. The van der Waals surface area contributed by atoms with Crippen molar-refractivity contribution >= 4 is 5.91 Å². The number of aryl methyl sites for hydroxylation is 2. The van der Waals surface area contributed by atoms with E-state index < -0.39 is 0 Å². The summed E-state index contributed by atoms with van der Waals surface area (Å²) in [6.07, 6.45) is 4.24. The molecule has 0 spiro atoms. The molecule has 4 rings (SSSR count). The van der Waals surface area contributed by atoms with Crippen LogP contribution in [0, 0.1) is 6.92 Å². The first kappa shape index (κ1) is 16.2. The number of hydrogen-bond donors (Lipinski definition) is 0. The van der Waals surface area contributed by atoms with Crippen LogP contribution in [0.15, 0.2) is 18.3 Å². The maximum absolute atomic E-state index is 13.0. The van der Waals surface area contributed by atoms with Crippen molar-refractivity contribution in [1.29, 1.82) is 0 Å². The number of carbonyl (C=O) groups is 1. The summed E-state index contributed by atoms with van der Waals surface area (Å²) in [6.45, 7) is 3.06. The molecule has 7 heteroatoms. The van der Waals surface area contributed by atoms with Gasteiger partial charge in [0.2, 0.25) is 0 Å². The van der Waals surface area contributed by atoms with Crippen LogP contribution in [0.4, 0.5) is 0 Å². The zero-order chi connectivity index (χ0) is 17.6. The standard InChI is InChI=1S/C18H23N5O2/c1-11-13(6-7-15(19-11)12-4-5-12)18(24)23-8-14(17(10-23)25-3)16-9-22(2)21-20-16/h6-7,9,12,14,17H,4-5,8,10H2,1-3H3/t14-,17+/m0/s1. The van der Waals surface area contributed by atoms with Gasteiger partial charge in [-0.15, -0.1) is 5.10 Å². The van der Waals surface area contributed by atoms with E-state index in [0.717, 1.165) is 17.1 Å². The van der Waals surface area contributed by atoms with Gasteiger partial charge >= 0.3 is 0 Å². The number of methoxy groups -OCH3 is 1. The van der Waals surface area contributed by atoms with Gasteiger partial charge in [-0.1, -0.05) is 5.21 Å². The van der Waals surface area contributed by atoms with E-state index in [-0.39, 0.29) is 17.9 Å². The summed E-state index contributed by atoms with van der Waals surface area (Å²) >= 11 is 0. The van der Waals surface area contributed by atoms with Gasteiger partial charge in [0.25, 0.3) is 5.91 Å². The lowest BCUT2D eigenvalue weighted by molar-refractivity contribution is 0.0713. The second-order valence-corrected chi connectivity index (χ2v) is 7.05. The van der Waals surface area contributed by atoms with Gasteiger partial charge in [-0.3, -0.25) is 14.5 Å². The number of aromatic nitrogens is 4. The minimum atomic E-state index is -0.0698. The van der Waals surface area contributed by atoms with E-state index in [1.165, 1.54) is 12.8 Å². The molecular formula is C18H23N5O2. The van der Waals surface area contributed by atoms with Crippen molar-refractivity contribution in [2.45, 2.75) is 37.7 Å². The average molecular weight is 341 g/mol. The fraction of sp³-hybridized carbons (Fsp3) is 0.556. The number of rotatable bonds is 4. The molecule has 0 bridgehead atoms. The van der Waals surface area contributed by atoms with Crippen LogP contribution in [0.2, 0.25) is 0 Å². The molecule has 7 nitrogen and oxygen atoms in total. The van der Waals surface area contributed by atoms with E-state index in [1.807, 2.05) is 37.2 Å². The third-order valence-electron chi connectivity index (χ3n) is 5.19. The number of hydrogen-bond acceptors (Lipinski definition) is 5. The molecule has 0 unspecified atom stereocenters. The lowest BCUT2D eigenvalue weighted by Crippen LogP contribution is -2.30. The molecule has 0 radical (unpaired) electrons. The minimum absolute atomic E-state index is 0.0146. The summed E-state index contributed by atoms with van der Waals surface area (Å²) in [6, 6.07) is 3.93. The van der Waals surface area contributed by atoms with E-state index in [9.17, 15) is 4.79 Å². The third-order valence-corrected chi connectivity index (χ3v) is 5.19.